The zero-order valence-corrected chi connectivity index (χ0v) is 11.2. The third kappa shape index (κ3) is 4.33. The maximum atomic E-state index is 9.96. The van der Waals surface area contributed by atoms with Crippen LogP contribution in [0, 0.1) is 11.5 Å². The highest BCUT2D eigenvalue weighted by Crippen LogP contribution is 2.25. The van der Waals surface area contributed by atoms with Gasteiger partial charge in [0.05, 0.1) is 0 Å². The molecule has 88 valence electrons. The van der Waals surface area contributed by atoms with Gasteiger partial charge < -0.3 is 5.11 Å². The molecule has 0 saturated carbocycles. The average molecular weight is 245 g/mol. The fourth-order valence-electron chi connectivity index (χ4n) is 1.22. The second kappa shape index (κ2) is 5.55. The van der Waals surface area contributed by atoms with Crippen molar-refractivity contribution in [2.75, 3.05) is 0 Å². The normalized spacial score (nSPS) is 12.0. The first-order valence-corrected chi connectivity index (χ1v) is 8.79. The van der Waals surface area contributed by atoms with Gasteiger partial charge in [-0.15, -0.1) is 5.54 Å². The lowest BCUT2D eigenvalue weighted by atomic mass is 10.1. The molecule has 0 aliphatic rings. The SMILES string of the molecule is C[Si](C)(C)C#CC(O)c1ccccc1N=[N+]=[N-]. The maximum absolute atomic E-state index is 9.96. The van der Waals surface area contributed by atoms with Gasteiger partial charge in [0.15, 0.2) is 0 Å². The Morgan fingerprint density at radius 3 is 2.59 bits per heavy atom. The van der Waals surface area contributed by atoms with Gasteiger partial charge >= 0.3 is 0 Å². The summed E-state index contributed by atoms with van der Waals surface area (Å²) in [4.78, 5) is 2.73. The number of azide groups is 1. The topological polar surface area (TPSA) is 69.0 Å². The third-order valence-corrected chi connectivity index (χ3v) is 2.86. The molecule has 0 fully saturated rings. The molecule has 0 heterocycles. The summed E-state index contributed by atoms with van der Waals surface area (Å²) in [5.41, 5.74) is 12.5. The molecule has 1 aromatic rings. The highest BCUT2D eigenvalue weighted by Gasteiger charge is 2.11. The number of benzene rings is 1. The smallest absolute Gasteiger partial charge is 0.140 e. The molecule has 1 rings (SSSR count). The molecular weight excluding hydrogens is 230 g/mol. The molecule has 0 aliphatic heterocycles. The Kier molecular flexibility index (Phi) is 4.35. The second-order valence-corrected chi connectivity index (χ2v) is 9.42. The van der Waals surface area contributed by atoms with Crippen LogP contribution >= 0.6 is 0 Å². The molecule has 1 atom stereocenters. The van der Waals surface area contributed by atoms with Gasteiger partial charge in [-0.05, 0) is 5.53 Å². The Bertz CT molecular complexity index is 504. The van der Waals surface area contributed by atoms with Crippen molar-refractivity contribution in [3.63, 3.8) is 0 Å². The average Bonchev–Trinajstić information content (AvgIpc) is 2.26. The van der Waals surface area contributed by atoms with Gasteiger partial charge in [0, 0.05) is 16.2 Å². The maximum Gasteiger partial charge on any atom is 0.140 e. The van der Waals surface area contributed by atoms with Gasteiger partial charge in [-0.3, -0.25) is 0 Å². The zero-order chi connectivity index (χ0) is 12.9. The van der Waals surface area contributed by atoms with Gasteiger partial charge in [-0.2, -0.15) is 0 Å². The van der Waals surface area contributed by atoms with Gasteiger partial charge in [0.2, 0.25) is 0 Å². The summed E-state index contributed by atoms with van der Waals surface area (Å²) in [6.07, 6.45) is -0.900. The van der Waals surface area contributed by atoms with Crippen LogP contribution < -0.4 is 0 Å². The summed E-state index contributed by atoms with van der Waals surface area (Å²) in [6, 6.07) is 6.92. The van der Waals surface area contributed by atoms with Crippen LogP contribution in [0.3, 0.4) is 0 Å². The van der Waals surface area contributed by atoms with Crippen molar-refractivity contribution >= 4 is 13.8 Å². The van der Waals surface area contributed by atoms with Crippen molar-refractivity contribution in [1.29, 1.82) is 0 Å². The molecular formula is C12H15N3OSi. The van der Waals surface area contributed by atoms with Crippen LogP contribution in [-0.4, -0.2) is 13.2 Å². The Balaban J connectivity index is 3.07. The molecule has 1 N–H and O–H groups in total. The Morgan fingerprint density at radius 2 is 2.00 bits per heavy atom. The summed E-state index contributed by atoms with van der Waals surface area (Å²) < 4.78 is 0. The number of nitrogens with zero attached hydrogens (tertiary/aromatic N) is 3. The quantitative estimate of drug-likeness (QED) is 0.280. The molecule has 1 aromatic carbocycles. The van der Waals surface area contributed by atoms with Gasteiger partial charge in [0.1, 0.15) is 14.2 Å². The Hall–Kier alpha value is -1.73. The number of rotatable bonds is 2. The van der Waals surface area contributed by atoms with Crippen molar-refractivity contribution in [2.24, 2.45) is 5.11 Å². The van der Waals surface area contributed by atoms with Crippen LogP contribution in [0.25, 0.3) is 10.4 Å². The molecule has 4 nitrogen and oxygen atoms in total. The summed E-state index contributed by atoms with van der Waals surface area (Å²) in [7, 11) is -1.51. The highest BCUT2D eigenvalue weighted by molar-refractivity contribution is 6.83. The monoisotopic (exact) mass is 245 g/mol. The van der Waals surface area contributed by atoms with Crippen LogP contribution in [0.15, 0.2) is 29.4 Å². The molecule has 1 unspecified atom stereocenters. The largest absolute Gasteiger partial charge is 0.376 e. The van der Waals surface area contributed by atoms with E-state index >= 15 is 0 Å². The predicted molar refractivity (Wildman–Crippen MR) is 71.3 cm³/mol. The van der Waals surface area contributed by atoms with E-state index in [0.29, 0.717) is 11.3 Å². The van der Waals surface area contributed by atoms with Crippen molar-refractivity contribution in [2.45, 2.75) is 25.7 Å². The second-order valence-electron chi connectivity index (χ2n) is 4.67. The molecule has 0 radical (unpaired) electrons. The molecule has 0 amide bonds. The summed E-state index contributed by atoms with van der Waals surface area (Å²) in [5, 5.41) is 13.5. The molecule has 0 aliphatic carbocycles. The van der Waals surface area contributed by atoms with E-state index < -0.39 is 14.2 Å². The molecule has 0 saturated heterocycles. The Labute approximate surface area is 102 Å². The van der Waals surface area contributed by atoms with Gasteiger partial charge in [0.25, 0.3) is 0 Å². The van der Waals surface area contributed by atoms with Crippen LogP contribution in [0.2, 0.25) is 19.6 Å². The summed E-state index contributed by atoms with van der Waals surface area (Å²) >= 11 is 0. The summed E-state index contributed by atoms with van der Waals surface area (Å²) in [6.45, 7) is 6.31. The lowest BCUT2D eigenvalue weighted by molar-refractivity contribution is 0.239. The lowest BCUT2D eigenvalue weighted by Crippen LogP contribution is -2.16. The van der Waals surface area contributed by atoms with E-state index in [0.717, 1.165) is 0 Å². The van der Waals surface area contributed by atoms with E-state index in [9.17, 15) is 5.11 Å². The van der Waals surface area contributed by atoms with E-state index in [4.69, 9.17) is 5.53 Å². The number of hydrogen-bond acceptors (Lipinski definition) is 2. The van der Waals surface area contributed by atoms with E-state index in [1.54, 1.807) is 24.3 Å². The van der Waals surface area contributed by atoms with E-state index in [1.807, 2.05) is 0 Å². The van der Waals surface area contributed by atoms with E-state index in [-0.39, 0.29) is 0 Å². The van der Waals surface area contributed by atoms with Crippen molar-refractivity contribution in [1.82, 2.24) is 0 Å². The van der Waals surface area contributed by atoms with Crippen LogP contribution in [0.1, 0.15) is 11.7 Å². The minimum atomic E-state index is -1.51. The predicted octanol–water partition coefficient (Wildman–Crippen LogP) is 3.54. The Morgan fingerprint density at radius 1 is 1.35 bits per heavy atom. The first kappa shape index (κ1) is 13.3. The molecule has 0 bridgehead atoms. The van der Waals surface area contributed by atoms with Crippen molar-refractivity contribution in [3.05, 3.63) is 40.3 Å². The fraction of sp³-hybridized carbons (Fsp3) is 0.333. The third-order valence-electron chi connectivity index (χ3n) is 1.97. The molecule has 5 heteroatoms. The molecule has 0 aromatic heterocycles. The number of aliphatic hydroxyl groups is 1. The van der Waals surface area contributed by atoms with Gasteiger partial charge in [-0.1, -0.05) is 54.9 Å². The van der Waals surface area contributed by atoms with E-state index in [2.05, 4.69) is 41.1 Å². The summed E-state index contributed by atoms with van der Waals surface area (Å²) in [5.74, 6) is 2.82. The number of aliphatic hydroxyl groups excluding tert-OH is 1. The van der Waals surface area contributed by atoms with Gasteiger partial charge in [-0.25, -0.2) is 0 Å². The molecule has 0 spiro atoms. The fourth-order valence-corrected chi connectivity index (χ4v) is 1.79. The lowest BCUT2D eigenvalue weighted by Gasteiger charge is -2.09. The van der Waals surface area contributed by atoms with Crippen molar-refractivity contribution in [3.8, 4) is 11.5 Å². The first-order chi connectivity index (χ1) is 7.94. The van der Waals surface area contributed by atoms with E-state index in [1.165, 1.54) is 0 Å². The standard InChI is InChI=1S/C12H15N3OSi/c1-17(2,3)9-8-12(16)10-6-4-5-7-11(10)14-15-13/h4-7,12,16H,1-3H3. The first-order valence-electron chi connectivity index (χ1n) is 5.29. The minimum Gasteiger partial charge on any atom is -0.376 e. The minimum absolute atomic E-state index is 0.423. The van der Waals surface area contributed by atoms with Crippen LogP contribution in [-0.2, 0) is 0 Å². The van der Waals surface area contributed by atoms with Crippen LogP contribution in [0.4, 0.5) is 5.69 Å². The zero-order valence-electron chi connectivity index (χ0n) is 10.2. The number of hydrogen-bond donors (Lipinski definition) is 1. The van der Waals surface area contributed by atoms with Crippen LogP contribution in [0.5, 0.6) is 0 Å². The highest BCUT2D eigenvalue weighted by atomic mass is 28.3. The van der Waals surface area contributed by atoms with Crippen molar-refractivity contribution < 1.29 is 5.11 Å². The molecule has 17 heavy (non-hydrogen) atoms.